The highest BCUT2D eigenvalue weighted by molar-refractivity contribution is 6.32. The lowest BCUT2D eigenvalue weighted by molar-refractivity contribution is -0.137. The van der Waals surface area contributed by atoms with Crippen molar-refractivity contribution in [1.29, 1.82) is 0 Å². The van der Waals surface area contributed by atoms with Crippen molar-refractivity contribution in [3.8, 4) is 5.69 Å². The molecule has 26 heavy (non-hydrogen) atoms. The lowest BCUT2D eigenvalue weighted by atomic mass is 9.90. The molecule has 0 unspecified atom stereocenters. The molecule has 0 aliphatic heterocycles. The van der Waals surface area contributed by atoms with Gasteiger partial charge in [-0.3, -0.25) is 4.79 Å². The maximum Gasteiger partial charge on any atom is 0.416 e. The molecule has 0 amide bonds. The third-order valence-electron chi connectivity index (χ3n) is 3.88. The maximum atomic E-state index is 12.8. The van der Waals surface area contributed by atoms with Crippen LogP contribution in [0.5, 0.6) is 0 Å². The summed E-state index contributed by atoms with van der Waals surface area (Å²) in [5, 5.41) is 15.8. The molecule has 0 aliphatic rings. The van der Waals surface area contributed by atoms with Crippen molar-refractivity contribution < 1.29 is 18.3 Å². The van der Waals surface area contributed by atoms with Crippen molar-refractivity contribution in [2.24, 2.45) is 5.41 Å². The number of aromatic nitrogens is 2. The minimum Gasteiger partial charge on any atom is -0.396 e. The van der Waals surface area contributed by atoms with Gasteiger partial charge in [-0.1, -0.05) is 31.5 Å². The molecule has 0 radical (unpaired) electrons. The van der Waals surface area contributed by atoms with Crippen molar-refractivity contribution in [3.63, 3.8) is 0 Å². The van der Waals surface area contributed by atoms with E-state index in [0.717, 1.165) is 16.8 Å². The van der Waals surface area contributed by atoms with E-state index in [1.807, 2.05) is 13.8 Å². The van der Waals surface area contributed by atoms with Crippen LogP contribution in [0.15, 0.2) is 35.3 Å². The lowest BCUT2D eigenvalue weighted by Crippen LogP contribution is -2.27. The van der Waals surface area contributed by atoms with Crippen molar-refractivity contribution in [3.05, 3.63) is 51.4 Å². The van der Waals surface area contributed by atoms with Crippen LogP contribution in [-0.2, 0) is 6.18 Å². The first-order chi connectivity index (χ1) is 12.0. The van der Waals surface area contributed by atoms with Gasteiger partial charge in [-0.05, 0) is 30.0 Å². The van der Waals surface area contributed by atoms with Crippen LogP contribution in [0.3, 0.4) is 0 Å². The second-order valence-electron chi connectivity index (χ2n) is 6.63. The van der Waals surface area contributed by atoms with Crippen molar-refractivity contribution >= 4 is 17.3 Å². The molecule has 1 heterocycles. The van der Waals surface area contributed by atoms with E-state index in [1.54, 1.807) is 0 Å². The van der Waals surface area contributed by atoms with Crippen LogP contribution >= 0.6 is 11.6 Å². The molecule has 0 atom stereocenters. The van der Waals surface area contributed by atoms with Crippen molar-refractivity contribution in [2.75, 3.05) is 18.5 Å². The van der Waals surface area contributed by atoms with Gasteiger partial charge in [0.25, 0.3) is 5.56 Å². The Kier molecular flexibility index (Phi) is 5.98. The molecule has 9 heteroatoms. The van der Waals surface area contributed by atoms with Crippen molar-refractivity contribution in [1.82, 2.24) is 9.78 Å². The third-order valence-corrected chi connectivity index (χ3v) is 4.25. The topological polar surface area (TPSA) is 67.2 Å². The Morgan fingerprint density at radius 3 is 2.62 bits per heavy atom. The summed E-state index contributed by atoms with van der Waals surface area (Å²) >= 11 is 6.08. The average Bonchev–Trinajstić information content (AvgIpc) is 2.55. The number of hydrogen-bond donors (Lipinski definition) is 2. The molecular formula is C17H19ClF3N3O2. The normalized spacial score (nSPS) is 12.3. The van der Waals surface area contributed by atoms with Crippen molar-refractivity contribution in [2.45, 2.75) is 26.4 Å². The number of benzene rings is 1. The summed E-state index contributed by atoms with van der Waals surface area (Å²) in [6.45, 7) is 4.32. The van der Waals surface area contributed by atoms with E-state index in [1.165, 1.54) is 18.3 Å². The zero-order chi connectivity index (χ0) is 19.5. The van der Waals surface area contributed by atoms with Crippen LogP contribution in [0, 0.1) is 5.41 Å². The fraction of sp³-hybridized carbons (Fsp3) is 0.412. The number of alkyl halides is 3. The number of nitrogens with zero attached hydrogens (tertiary/aromatic N) is 2. The maximum absolute atomic E-state index is 12.8. The Labute approximate surface area is 153 Å². The number of anilines is 1. The molecule has 0 saturated heterocycles. The summed E-state index contributed by atoms with van der Waals surface area (Å²) in [6, 6.07) is 4.29. The second-order valence-corrected chi connectivity index (χ2v) is 7.01. The molecule has 2 rings (SSSR count). The minimum absolute atomic E-state index is 0.0256. The van der Waals surface area contributed by atoms with E-state index in [4.69, 9.17) is 16.7 Å². The number of hydrogen-bond acceptors (Lipinski definition) is 4. The number of rotatable bonds is 6. The van der Waals surface area contributed by atoms with Gasteiger partial charge in [0.15, 0.2) is 0 Å². The van der Waals surface area contributed by atoms with Gasteiger partial charge in [-0.15, -0.1) is 0 Å². The van der Waals surface area contributed by atoms with Gasteiger partial charge < -0.3 is 10.4 Å². The summed E-state index contributed by atoms with van der Waals surface area (Å²) in [7, 11) is 0. The molecule has 0 spiro atoms. The van der Waals surface area contributed by atoms with E-state index in [2.05, 4.69) is 10.4 Å². The van der Waals surface area contributed by atoms with Crippen LogP contribution in [0.2, 0.25) is 5.02 Å². The van der Waals surface area contributed by atoms with Crippen LogP contribution in [-0.4, -0.2) is 28.0 Å². The van der Waals surface area contributed by atoms with Gasteiger partial charge in [0.05, 0.1) is 23.1 Å². The van der Waals surface area contributed by atoms with Gasteiger partial charge in [-0.2, -0.15) is 23.0 Å². The fourth-order valence-electron chi connectivity index (χ4n) is 2.28. The highest BCUT2D eigenvalue weighted by Crippen LogP contribution is 2.30. The van der Waals surface area contributed by atoms with E-state index < -0.39 is 17.3 Å². The van der Waals surface area contributed by atoms with Crippen LogP contribution < -0.4 is 10.9 Å². The van der Waals surface area contributed by atoms with Gasteiger partial charge in [0.1, 0.15) is 5.02 Å². The zero-order valence-electron chi connectivity index (χ0n) is 14.3. The van der Waals surface area contributed by atoms with E-state index in [0.29, 0.717) is 13.0 Å². The molecular weight excluding hydrogens is 371 g/mol. The first-order valence-corrected chi connectivity index (χ1v) is 8.23. The molecule has 0 aliphatic carbocycles. The minimum atomic E-state index is -4.52. The zero-order valence-corrected chi connectivity index (χ0v) is 15.0. The average molecular weight is 390 g/mol. The molecule has 2 aromatic rings. The SMILES string of the molecule is CC(C)(CCO)CNc1cnn(-c2cccc(C(F)(F)F)c2)c(=O)c1Cl. The molecule has 1 aromatic heterocycles. The highest BCUT2D eigenvalue weighted by atomic mass is 35.5. The van der Waals surface area contributed by atoms with Gasteiger partial charge in [-0.25, -0.2) is 0 Å². The molecule has 1 aromatic carbocycles. The van der Waals surface area contributed by atoms with Gasteiger partial charge >= 0.3 is 6.18 Å². The Morgan fingerprint density at radius 1 is 1.31 bits per heavy atom. The lowest BCUT2D eigenvalue weighted by Gasteiger charge is -2.24. The van der Waals surface area contributed by atoms with Crippen LogP contribution in [0.1, 0.15) is 25.8 Å². The Bertz CT molecular complexity index is 835. The summed E-state index contributed by atoms with van der Waals surface area (Å²) < 4.78 is 39.3. The smallest absolute Gasteiger partial charge is 0.396 e. The monoisotopic (exact) mass is 389 g/mol. The number of aliphatic hydroxyl groups is 1. The first kappa shape index (κ1) is 20.3. The second kappa shape index (κ2) is 7.67. The third kappa shape index (κ3) is 4.76. The summed E-state index contributed by atoms with van der Waals surface area (Å²) in [4.78, 5) is 12.4. The molecule has 5 nitrogen and oxygen atoms in total. The van der Waals surface area contributed by atoms with Gasteiger partial charge in [0.2, 0.25) is 0 Å². The molecule has 142 valence electrons. The number of aliphatic hydroxyl groups excluding tert-OH is 1. The van der Waals surface area contributed by atoms with Crippen LogP contribution in [0.25, 0.3) is 5.69 Å². The largest absolute Gasteiger partial charge is 0.416 e. The molecule has 2 N–H and O–H groups in total. The summed E-state index contributed by atoms with van der Waals surface area (Å²) in [5.74, 6) is 0. The van der Waals surface area contributed by atoms with Gasteiger partial charge in [0, 0.05) is 13.2 Å². The quantitative estimate of drug-likeness (QED) is 0.790. The highest BCUT2D eigenvalue weighted by Gasteiger charge is 2.30. The standard InChI is InChI=1S/C17H19ClF3N3O2/c1-16(2,6-7-25)10-22-13-9-23-24(15(26)14(13)18)12-5-3-4-11(8-12)17(19,20)21/h3-5,8-9,22,25H,6-7,10H2,1-2H3. The molecule has 0 bridgehead atoms. The Balaban J connectivity index is 2.32. The number of halogens is 4. The predicted molar refractivity (Wildman–Crippen MR) is 93.8 cm³/mol. The van der Waals surface area contributed by atoms with E-state index in [-0.39, 0.29) is 28.4 Å². The predicted octanol–water partition coefficient (Wildman–Crippen LogP) is 3.73. The first-order valence-electron chi connectivity index (χ1n) is 7.85. The molecule has 0 fully saturated rings. The van der Waals surface area contributed by atoms with E-state index in [9.17, 15) is 18.0 Å². The van der Waals surface area contributed by atoms with E-state index >= 15 is 0 Å². The summed E-state index contributed by atoms with van der Waals surface area (Å²) in [5.41, 5.74) is -1.60. The Morgan fingerprint density at radius 2 is 2.00 bits per heavy atom. The number of nitrogens with one attached hydrogen (secondary N) is 1. The Hall–Kier alpha value is -2.06. The molecule has 0 saturated carbocycles. The summed E-state index contributed by atoms with van der Waals surface area (Å²) in [6.07, 6.45) is -2.69. The van der Waals surface area contributed by atoms with Crippen LogP contribution in [0.4, 0.5) is 18.9 Å². The fourth-order valence-corrected chi connectivity index (χ4v) is 2.48.